The number of aromatic nitrogens is 5. The molecule has 2 aliphatic rings. The number of alkyl carbamates (subject to hydrolysis) is 1. The van der Waals surface area contributed by atoms with Crippen LogP contribution in [0.1, 0.15) is 19.3 Å². The van der Waals surface area contributed by atoms with Crippen LogP contribution in [0.25, 0.3) is 33.1 Å². The molecule has 5 heterocycles. The zero-order valence-electron chi connectivity index (χ0n) is 25.0. The van der Waals surface area contributed by atoms with Crippen LogP contribution in [0.3, 0.4) is 0 Å². The highest BCUT2D eigenvalue weighted by Gasteiger charge is 2.49. The summed E-state index contributed by atoms with van der Waals surface area (Å²) in [4.78, 5) is 33.5. The van der Waals surface area contributed by atoms with Gasteiger partial charge in [0.2, 0.25) is 5.95 Å². The Balaban J connectivity index is 1.46. The van der Waals surface area contributed by atoms with Gasteiger partial charge in [0.05, 0.1) is 22.0 Å². The third-order valence-corrected chi connectivity index (χ3v) is 10.6. The van der Waals surface area contributed by atoms with Crippen molar-refractivity contribution in [3.8, 4) is 11.1 Å². The number of benzene rings is 1. The highest BCUT2D eigenvalue weighted by molar-refractivity contribution is 6.76. The largest absolute Gasteiger partial charge is 0.444 e. The highest BCUT2D eigenvalue weighted by Crippen LogP contribution is 2.43. The number of carbonyl (C=O) groups excluding carboxylic acids is 1. The molecule has 1 aromatic carbocycles. The lowest BCUT2D eigenvalue weighted by atomic mass is 9.98. The van der Waals surface area contributed by atoms with Crippen LogP contribution in [0.5, 0.6) is 0 Å². The van der Waals surface area contributed by atoms with Gasteiger partial charge >= 0.3 is 6.09 Å². The second-order valence-corrected chi connectivity index (χ2v) is 18.6. The van der Waals surface area contributed by atoms with Gasteiger partial charge < -0.3 is 24.3 Å². The predicted molar refractivity (Wildman–Crippen MR) is 167 cm³/mol. The van der Waals surface area contributed by atoms with Crippen molar-refractivity contribution in [2.24, 2.45) is 14.1 Å². The summed E-state index contributed by atoms with van der Waals surface area (Å²) in [5, 5.41) is 8.87. The molecule has 1 amide bonds. The van der Waals surface area contributed by atoms with E-state index in [1.807, 2.05) is 36.1 Å². The molecule has 1 N–H and O–H groups in total. The topological polar surface area (TPSA) is 108 Å². The molecule has 224 valence electrons. The first kappa shape index (κ1) is 28.8. The van der Waals surface area contributed by atoms with Gasteiger partial charge in [0, 0.05) is 77.2 Å². The van der Waals surface area contributed by atoms with E-state index in [4.69, 9.17) is 26.1 Å². The Kier molecular flexibility index (Phi) is 7.34. The van der Waals surface area contributed by atoms with E-state index in [0.29, 0.717) is 40.6 Å². The Morgan fingerprint density at radius 2 is 1.95 bits per heavy atom. The average molecular weight is 612 g/mol. The minimum atomic E-state index is -1.28. The van der Waals surface area contributed by atoms with Gasteiger partial charge in [-0.25, -0.2) is 4.79 Å². The third-order valence-electron chi connectivity index (χ3n) is 8.50. The summed E-state index contributed by atoms with van der Waals surface area (Å²) in [7, 11) is 3.90. The normalized spacial score (nSPS) is 20.3. The minimum absolute atomic E-state index is 0.0406. The molecule has 2 fully saturated rings. The SMILES string of the molecule is CNC(=O)O[C@H]1C[C@H]2CC[C@@H]1N2c1nc2c(c(-c3ccc4nn(C)cc4c3Cl)cn2COCC[Si](C)(C)C)c(=O)n1C. The van der Waals surface area contributed by atoms with E-state index < -0.39 is 14.2 Å². The number of ether oxygens (including phenoxy) is 2. The molecule has 11 nitrogen and oxygen atoms in total. The van der Waals surface area contributed by atoms with Gasteiger partial charge in [-0.2, -0.15) is 10.1 Å². The molecule has 0 aliphatic carbocycles. The Hall–Kier alpha value is -3.35. The number of carbonyl (C=O) groups is 1. The summed E-state index contributed by atoms with van der Waals surface area (Å²) < 4.78 is 17.1. The first-order chi connectivity index (χ1) is 20.0. The number of amides is 1. The number of hydrogen-bond donors (Lipinski definition) is 1. The van der Waals surface area contributed by atoms with E-state index in [9.17, 15) is 9.59 Å². The van der Waals surface area contributed by atoms with Crippen molar-refractivity contribution in [2.75, 3.05) is 18.6 Å². The van der Waals surface area contributed by atoms with Crippen LogP contribution in [-0.4, -0.2) is 69.9 Å². The quantitative estimate of drug-likeness (QED) is 0.227. The summed E-state index contributed by atoms with van der Waals surface area (Å²) in [5.74, 6) is 0.574. The van der Waals surface area contributed by atoms with Gasteiger partial charge in [-0.05, 0) is 25.0 Å². The zero-order chi connectivity index (χ0) is 29.9. The molecule has 2 bridgehead atoms. The van der Waals surface area contributed by atoms with Crippen molar-refractivity contribution in [3.05, 3.63) is 39.9 Å². The van der Waals surface area contributed by atoms with E-state index in [0.717, 1.165) is 35.4 Å². The maximum Gasteiger partial charge on any atom is 0.407 e. The van der Waals surface area contributed by atoms with Gasteiger partial charge in [-0.3, -0.25) is 14.0 Å². The monoisotopic (exact) mass is 611 g/mol. The second-order valence-electron chi connectivity index (χ2n) is 12.6. The van der Waals surface area contributed by atoms with Crippen LogP contribution in [0.4, 0.5) is 10.7 Å². The molecule has 4 aromatic rings. The van der Waals surface area contributed by atoms with Crippen molar-refractivity contribution < 1.29 is 14.3 Å². The summed E-state index contributed by atoms with van der Waals surface area (Å²) in [6.07, 6.45) is 5.64. The molecule has 2 saturated heterocycles. The molecule has 3 atom stereocenters. The molecule has 0 radical (unpaired) electrons. The van der Waals surface area contributed by atoms with Gasteiger partial charge in [0.1, 0.15) is 12.8 Å². The lowest BCUT2D eigenvalue weighted by molar-refractivity contribution is 0.0859. The predicted octanol–water partition coefficient (Wildman–Crippen LogP) is 4.72. The number of nitrogens with zero attached hydrogens (tertiary/aromatic N) is 6. The summed E-state index contributed by atoms with van der Waals surface area (Å²) in [5.41, 5.74) is 2.63. The van der Waals surface area contributed by atoms with Crippen LogP contribution in [0, 0.1) is 0 Å². The van der Waals surface area contributed by atoms with Gasteiger partial charge in [-0.15, -0.1) is 0 Å². The zero-order valence-corrected chi connectivity index (χ0v) is 26.7. The second kappa shape index (κ2) is 10.7. The first-order valence-electron chi connectivity index (χ1n) is 14.4. The third kappa shape index (κ3) is 4.99. The van der Waals surface area contributed by atoms with Crippen molar-refractivity contribution in [1.82, 2.24) is 29.2 Å². The highest BCUT2D eigenvalue weighted by atomic mass is 35.5. The number of hydrogen-bond acceptors (Lipinski definition) is 7. The van der Waals surface area contributed by atoms with Gasteiger partial charge in [0.25, 0.3) is 5.56 Å². The average Bonchev–Trinajstić information content (AvgIpc) is 3.69. The molecule has 6 rings (SSSR count). The van der Waals surface area contributed by atoms with Gasteiger partial charge in [0.15, 0.2) is 5.65 Å². The summed E-state index contributed by atoms with van der Waals surface area (Å²) in [6, 6.07) is 4.97. The maximum atomic E-state index is 14.2. The molecule has 0 unspecified atom stereocenters. The number of fused-ring (bicyclic) bond motifs is 4. The van der Waals surface area contributed by atoms with Crippen molar-refractivity contribution in [3.63, 3.8) is 0 Å². The van der Waals surface area contributed by atoms with E-state index in [2.05, 4.69) is 35.0 Å². The lowest BCUT2D eigenvalue weighted by Crippen LogP contribution is -2.39. The van der Waals surface area contributed by atoms with E-state index in [1.54, 1.807) is 23.3 Å². The molecule has 3 aromatic heterocycles. The van der Waals surface area contributed by atoms with Crippen molar-refractivity contribution >= 4 is 53.7 Å². The summed E-state index contributed by atoms with van der Waals surface area (Å²) in [6.45, 7) is 7.86. The van der Waals surface area contributed by atoms with E-state index >= 15 is 0 Å². The van der Waals surface area contributed by atoms with Crippen LogP contribution in [0.15, 0.2) is 29.3 Å². The van der Waals surface area contributed by atoms with E-state index in [-0.39, 0.29) is 30.5 Å². The standard InChI is InChI=1S/C29H38ClN7O4Si/c1-31-29(39)41-23-13-17-7-10-22(23)37(17)28-32-26-24(27(38)35(28)3)19(15-36(26)16-40-11-12-42(4,5)6)18-8-9-21-20(25(18)30)14-34(2)33-21/h8-9,14-15,17,22-23H,7,10-13,16H2,1-6H3,(H,31,39)/t17-,22+,23+/m1/s1. The molecule has 0 spiro atoms. The van der Waals surface area contributed by atoms with Crippen LogP contribution in [0.2, 0.25) is 30.7 Å². The molecule has 0 saturated carbocycles. The number of anilines is 1. The summed E-state index contributed by atoms with van der Waals surface area (Å²) >= 11 is 6.95. The first-order valence-corrected chi connectivity index (χ1v) is 18.5. The van der Waals surface area contributed by atoms with Crippen molar-refractivity contribution in [2.45, 2.75) is 69.9 Å². The van der Waals surface area contributed by atoms with Crippen LogP contribution >= 0.6 is 11.6 Å². The molecular weight excluding hydrogens is 574 g/mol. The number of aryl methyl sites for hydroxylation is 1. The fraction of sp³-hybridized carbons (Fsp3) is 0.517. The molecule has 42 heavy (non-hydrogen) atoms. The van der Waals surface area contributed by atoms with Crippen molar-refractivity contribution in [1.29, 1.82) is 0 Å². The maximum absolute atomic E-state index is 14.2. The number of rotatable bonds is 8. The van der Waals surface area contributed by atoms with Crippen LogP contribution in [-0.2, 0) is 30.3 Å². The van der Waals surface area contributed by atoms with E-state index in [1.165, 1.54) is 0 Å². The number of nitrogens with one attached hydrogen (secondary N) is 1. The fourth-order valence-electron chi connectivity index (χ4n) is 6.33. The Labute approximate surface area is 250 Å². The van der Waals surface area contributed by atoms with Gasteiger partial charge in [-0.1, -0.05) is 37.3 Å². The smallest absolute Gasteiger partial charge is 0.407 e. The molecular formula is C29H38ClN7O4Si. The number of halogens is 1. The Morgan fingerprint density at radius 1 is 1.17 bits per heavy atom. The fourth-order valence-corrected chi connectivity index (χ4v) is 7.40. The lowest BCUT2D eigenvalue weighted by Gasteiger charge is -2.26. The molecule has 13 heteroatoms. The Morgan fingerprint density at radius 3 is 2.69 bits per heavy atom. The molecule has 2 aliphatic heterocycles. The minimum Gasteiger partial charge on any atom is -0.444 e. The van der Waals surface area contributed by atoms with Crippen LogP contribution < -0.4 is 15.8 Å². The Bertz CT molecular complexity index is 1740.